The van der Waals surface area contributed by atoms with E-state index in [0.29, 0.717) is 30.8 Å². The van der Waals surface area contributed by atoms with Gasteiger partial charge in [-0.15, -0.1) is 13.2 Å². The van der Waals surface area contributed by atoms with Crippen molar-refractivity contribution >= 4 is 6.09 Å². The van der Waals surface area contributed by atoms with Crippen molar-refractivity contribution in [3.63, 3.8) is 0 Å². The number of nitrogens with zero attached hydrogens (tertiary/aromatic N) is 2. The highest BCUT2D eigenvalue weighted by molar-refractivity contribution is 5.68. The highest BCUT2D eigenvalue weighted by Crippen LogP contribution is 2.26. The molecule has 0 N–H and O–H groups in total. The van der Waals surface area contributed by atoms with Gasteiger partial charge in [0.25, 0.3) is 0 Å². The first-order valence-electron chi connectivity index (χ1n) is 8.62. The van der Waals surface area contributed by atoms with Gasteiger partial charge in [0.2, 0.25) is 5.88 Å². The fourth-order valence-electron chi connectivity index (χ4n) is 3.05. The van der Waals surface area contributed by atoms with Crippen LogP contribution < -0.4 is 4.74 Å². The van der Waals surface area contributed by atoms with E-state index in [1.807, 2.05) is 20.8 Å². The zero-order valence-corrected chi connectivity index (χ0v) is 15.5. The SMILES string of the molecule is Cc1cc(CC2CCCN(C(=O)OC(C)(C)C)C2)cc(OC(F)(F)F)n1. The van der Waals surface area contributed by atoms with Crippen molar-refractivity contribution in [2.45, 2.75) is 58.9 Å². The third kappa shape index (κ3) is 6.72. The number of halogens is 3. The summed E-state index contributed by atoms with van der Waals surface area (Å²) in [5.74, 6) is -0.302. The molecule has 0 spiro atoms. The second-order valence-electron chi connectivity index (χ2n) is 7.64. The van der Waals surface area contributed by atoms with Gasteiger partial charge in [-0.05, 0) is 64.5 Å². The summed E-state index contributed by atoms with van der Waals surface area (Å²) in [6.07, 6.45) is -2.84. The Balaban J connectivity index is 2.03. The number of rotatable bonds is 3. The van der Waals surface area contributed by atoms with Crippen LogP contribution in [0.1, 0.15) is 44.9 Å². The van der Waals surface area contributed by atoms with E-state index in [1.54, 1.807) is 17.9 Å². The van der Waals surface area contributed by atoms with Crippen LogP contribution in [0, 0.1) is 12.8 Å². The molecule has 1 saturated heterocycles. The first-order chi connectivity index (χ1) is 11.9. The van der Waals surface area contributed by atoms with E-state index in [4.69, 9.17) is 4.74 Å². The van der Waals surface area contributed by atoms with Crippen molar-refractivity contribution in [2.24, 2.45) is 5.92 Å². The maximum absolute atomic E-state index is 12.4. The molecule has 146 valence electrons. The summed E-state index contributed by atoms with van der Waals surface area (Å²) in [7, 11) is 0. The second-order valence-corrected chi connectivity index (χ2v) is 7.64. The summed E-state index contributed by atoms with van der Waals surface area (Å²) >= 11 is 0. The van der Waals surface area contributed by atoms with E-state index in [0.717, 1.165) is 12.8 Å². The minimum atomic E-state index is -4.77. The van der Waals surface area contributed by atoms with E-state index in [9.17, 15) is 18.0 Å². The molecule has 2 rings (SSSR count). The topological polar surface area (TPSA) is 51.7 Å². The predicted octanol–water partition coefficient (Wildman–Crippen LogP) is 4.48. The monoisotopic (exact) mass is 374 g/mol. The van der Waals surface area contributed by atoms with Crippen molar-refractivity contribution in [1.29, 1.82) is 0 Å². The van der Waals surface area contributed by atoms with Crippen LogP contribution in [0.15, 0.2) is 12.1 Å². The van der Waals surface area contributed by atoms with E-state index < -0.39 is 17.8 Å². The lowest BCUT2D eigenvalue weighted by Gasteiger charge is -2.34. The van der Waals surface area contributed by atoms with Gasteiger partial charge in [-0.25, -0.2) is 9.78 Å². The Labute approximate surface area is 151 Å². The number of ether oxygens (including phenoxy) is 2. The molecule has 0 aliphatic carbocycles. The summed E-state index contributed by atoms with van der Waals surface area (Å²) in [5.41, 5.74) is 0.616. The van der Waals surface area contributed by atoms with E-state index in [-0.39, 0.29) is 12.0 Å². The molecular formula is C18H25F3N2O3. The van der Waals surface area contributed by atoms with E-state index in [1.165, 1.54) is 6.07 Å². The Morgan fingerprint density at radius 3 is 2.62 bits per heavy atom. The third-order valence-corrected chi connectivity index (χ3v) is 3.91. The van der Waals surface area contributed by atoms with E-state index >= 15 is 0 Å². The molecule has 1 aromatic heterocycles. The molecule has 0 saturated carbocycles. The lowest BCUT2D eigenvalue weighted by molar-refractivity contribution is -0.276. The van der Waals surface area contributed by atoms with Gasteiger partial charge in [0.05, 0.1) is 0 Å². The first-order valence-corrected chi connectivity index (χ1v) is 8.62. The highest BCUT2D eigenvalue weighted by Gasteiger charge is 2.32. The molecule has 1 amide bonds. The largest absolute Gasteiger partial charge is 0.574 e. The number of carbonyl (C=O) groups excluding carboxylic acids is 1. The average molecular weight is 374 g/mol. The van der Waals surface area contributed by atoms with Crippen LogP contribution in [0.25, 0.3) is 0 Å². The Morgan fingerprint density at radius 2 is 2.00 bits per heavy atom. The van der Waals surface area contributed by atoms with Crippen molar-refractivity contribution in [2.75, 3.05) is 13.1 Å². The number of piperidine rings is 1. The fourth-order valence-corrected chi connectivity index (χ4v) is 3.05. The molecule has 1 atom stereocenters. The van der Waals surface area contributed by atoms with Gasteiger partial charge >= 0.3 is 12.5 Å². The molecule has 2 heterocycles. The smallest absolute Gasteiger partial charge is 0.444 e. The molecule has 1 aliphatic rings. The predicted molar refractivity (Wildman–Crippen MR) is 89.9 cm³/mol. The number of hydrogen-bond donors (Lipinski definition) is 0. The Hall–Kier alpha value is -1.99. The fraction of sp³-hybridized carbons (Fsp3) is 0.667. The quantitative estimate of drug-likeness (QED) is 0.783. The van der Waals surface area contributed by atoms with Gasteiger partial charge in [-0.3, -0.25) is 0 Å². The number of carbonyl (C=O) groups is 1. The number of amides is 1. The first kappa shape index (κ1) is 20.3. The van der Waals surface area contributed by atoms with Gasteiger partial charge in [-0.1, -0.05) is 0 Å². The van der Waals surface area contributed by atoms with Gasteiger partial charge < -0.3 is 14.4 Å². The van der Waals surface area contributed by atoms with Crippen LogP contribution in [-0.2, 0) is 11.2 Å². The van der Waals surface area contributed by atoms with Gasteiger partial charge in [-0.2, -0.15) is 0 Å². The summed E-state index contributed by atoms with van der Waals surface area (Å²) < 4.78 is 46.6. The number of hydrogen-bond acceptors (Lipinski definition) is 4. The number of likely N-dealkylation sites (tertiary alicyclic amines) is 1. The lowest BCUT2D eigenvalue weighted by atomic mass is 9.91. The molecule has 0 aromatic carbocycles. The van der Waals surface area contributed by atoms with E-state index in [2.05, 4.69) is 9.72 Å². The Morgan fingerprint density at radius 1 is 1.31 bits per heavy atom. The summed E-state index contributed by atoms with van der Waals surface area (Å²) in [4.78, 5) is 17.7. The summed E-state index contributed by atoms with van der Waals surface area (Å²) in [5, 5.41) is 0. The van der Waals surface area contributed by atoms with Crippen molar-refractivity contribution in [3.8, 4) is 5.88 Å². The normalized spacial score (nSPS) is 18.6. The molecule has 0 bridgehead atoms. The molecule has 1 aliphatic heterocycles. The Bertz CT molecular complexity index is 642. The number of pyridine rings is 1. The number of alkyl halides is 3. The van der Waals surface area contributed by atoms with Crippen LogP contribution in [-0.4, -0.2) is 41.0 Å². The molecule has 8 heteroatoms. The average Bonchev–Trinajstić information content (AvgIpc) is 2.43. The second kappa shape index (κ2) is 7.72. The summed E-state index contributed by atoms with van der Waals surface area (Å²) in [6, 6.07) is 3.06. The molecule has 1 aromatic rings. The standard InChI is InChI=1S/C18H25F3N2O3/c1-12-8-14(10-15(22-12)25-18(19,20)21)9-13-6-5-7-23(11-13)16(24)26-17(2,3)4/h8,10,13H,5-7,9,11H2,1-4H3. The van der Waals surface area contributed by atoms with Gasteiger partial charge in [0.1, 0.15) is 5.60 Å². The third-order valence-electron chi connectivity index (χ3n) is 3.91. The van der Waals surface area contributed by atoms with Crippen LogP contribution in [0.2, 0.25) is 0 Å². The van der Waals surface area contributed by atoms with Gasteiger partial charge in [0.15, 0.2) is 0 Å². The summed E-state index contributed by atoms with van der Waals surface area (Å²) in [6.45, 7) is 8.21. The van der Waals surface area contributed by atoms with Crippen LogP contribution >= 0.6 is 0 Å². The number of aromatic nitrogens is 1. The maximum atomic E-state index is 12.4. The lowest BCUT2D eigenvalue weighted by Crippen LogP contribution is -2.43. The van der Waals surface area contributed by atoms with Crippen LogP contribution in [0.4, 0.5) is 18.0 Å². The highest BCUT2D eigenvalue weighted by atomic mass is 19.4. The molecule has 0 radical (unpaired) electrons. The Kier molecular flexibility index (Phi) is 6.03. The zero-order chi connectivity index (χ0) is 19.5. The molecular weight excluding hydrogens is 349 g/mol. The molecule has 1 fully saturated rings. The number of aryl methyl sites for hydroxylation is 1. The molecule has 1 unspecified atom stereocenters. The zero-order valence-electron chi connectivity index (χ0n) is 15.5. The minimum Gasteiger partial charge on any atom is -0.444 e. The van der Waals surface area contributed by atoms with Crippen molar-refractivity contribution in [1.82, 2.24) is 9.88 Å². The molecule has 26 heavy (non-hydrogen) atoms. The van der Waals surface area contributed by atoms with Crippen molar-refractivity contribution in [3.05, 3.63) is 23.4 Å². The minimum absolute atomic E-state index is 0.150. The molecule has 5 nitrogen and oxygen atoms in total. The van der Waals surface area contributed by atoms with Crippen LogP contribution in [0.3, 0.4) is 0 Å². The van der Waals surface area contributed by atoms with Crippen LogP contribution in [0.5, 0.6) is 5.88 Å². The van der Waals surface area contributed by atoms with Gasteiger partial charge in [0, 0.05) is 24.8 Å². The van der Waals surface area contributed by atoms with Crippen molar-refractivity contribution < 1.29 is 27.4 Å². The maximum Gasteiger partial charge on any atom is 0.574 e.